The van der Waals surface area contributed by atoms with Gasteiger partial charge in [0, 0.05) is 29.9 Å². The molecule has 0 bridgehead atoms. The lowest BCUT2D eigenvalue weighted by atomic mass is 9.89. The van der Waals surface area contributed by atoms with Gasteiger partial charge in [-0.15, -0.1) is 0 Å². The summed E-state index contributed by atoms with van der Waals surface area (Å²) >= 11 is 6.24. The van der Waals surface area contributed by atoms with Crippen molar-refractivity contribution in [2.45, 2.75) is 64.5 Å². The zero-order valence-corrected chi connectivity index (χ0v) is 18.7. The molecule has 0 unspecified atom stereocenters. The highest BCUT2D eigenvalue weighted by Crippen LogP contribution is 2.30. The number of carbonyl (C=O) groups excluding carboxylic acids is 1. The van der Waals surface area contributed by atoms with E-state index in [9.17, 15) is 4.79 Å². The molecule has 1 amide bonds. The van der Waals surface area contributed by atoms with Crippen LogP contribution in [0.15, 0.2) is 42.5 Å². The van der Waals surface area contributed by atoms with Gasteiger partial charge in [-0.2, -0.15) is 5.26 Å². The number of halogens is 1. The van der Waals surface area contributed by atoms with Gasteiger partial charge in [-0.3, -0.25) is 4.79 Å². The number of carbonyl (C=O) groups is 1. The molecule has 0 spiro atoms. The standard InChI is InChI=1S/C25H30ClN3O/c1-4-29(23-12-9-20(16-27)24(26)15-23)22-13-10-21(11-14-22)28-25(30)19-7-5-18(6-8-19)17(2)3/h5-9,12,15,17,21-22H,4,10-11,13-14H2,1-3H3,(H,28,30). The monoisotopic (exact) mass is 423 g/mol. The van der Waals surface area contributed by atoms with Crippen LogP contribution in [0.4, 0.5) is 5.69 Å². The first-order valence-electron chi connectivity index (χ1n) is 10.8. The highest BCUT2D eigenvalue weighted by atomic mass is 35.5. The Hall–Kier alpha value is -2.51. The Bertz CT molecular complexity index is 909. The maximum Gasteiger partial charge on any atom is 0.251 e. The fourth-order valence-electron chi connectivity index (χ4n) is 4.24. The number of nitrogens with one attached hydrogen (secondary N) is 1. The van der Waals surface area contributed by atoms with Crippen molar-refractivity contribution in [3.05, 3.63) is 64.2 Å². The quantitative estimate of drug-likeness (QED) is 0.628. The predicted octanol–water partition coefficient (Wildman–Crippen LogP) is 5.90. The minimum atomic E-state index is 0.0139. The second kappa shape index (κ2) is 10.00. The molecule has 30 heavy (non-hydrogen) atoms. The molecule has 1 fully saturated rings. The summed E-state index contributed by atoms with van der Waals surface area (Å²) in [5, 5.41) is 12.8. The van der Waals surface area contributed by atoms with Crippen LogP contribution in [0.1, 0.15) is 73.9 Å². The van der Waals surface area contributed by atoms with Crippen LogP contribution in [0.5, 0.6) is 0 Å². The van der Waals surface area contributed by atoms with Gasteiger partial charge in [0.05, 0.1) is 10.6 Å². The van der Waals surface area contributed by atoms with E-state index in [0.717, 1.165) is 43.5 Å². The number of nitrogens with zero attached hydrogens (tertiary/aromatic N) is 2. The van der Waals surface area contributed by atoms with E-state index in [1.807, 2.05) is 36.4 Å². The van der Waals surface area contributed by atoms with E-state index in [-0.39, 0.29) is 11.9 Å². The topological polar surface area (TPSA) is 56.1 Å². The maximum absolute atomic E-state index is 12.6. The Labute approximate surface area is 184 Å². The van der Waals surface area contributed by atoms with Crippen molar-refractivity contribution < 1.29 is 4.79 Å². The third-order valence-corrected chi connectivity index (χ3v) is 6.37. The third kappa shape index (κ3) is 5.15. The number of benzene rings is 2. The Morgan fingerprint density at radius 3 is 2.37 bits per heavy atom. The van der Waals surface area contributed by atoms with Crippen LogP contribution in [0.3, 0.4) is 0 Å². The predicted molar refractivity (Wildman–Crippen MR) is 123 cm³/mol. The summed E-state index contributed by atoms with van der Waals surface area (Å²) in [7, 11) is 0. The summed E-state index contributed by atoms with van der Waals surface area (Å²) in [4.78, 5) is 15.0. The summed E-state index contributed by atoms with van der Waals surface area (Å²) in [5.74, 6) is 0.477. The molecule has 1 aliphatic carbocycles. The first kappa shape index (κ1) is 22.2. The van der Waals surface area contributed by atoms with Crippen molar-refractivity contribution in [2.24, 2.45) is 0 Å². The van der Waals surface area contributed by atoms with Gasteiger partial charge in [0.2, 0.25) is 0 Å². The third-order valence-electron chi connectivity index (χ3n) is 6.06. The van der Waals surface area contributed by atoms with Crippen molar-refractivity contribution in [3.63, 3.8) is 0 Å². The van der Waals surface area contributed by atoms with Gasteiger partial charge >= 0.3 is 0 Å². The molecule has 0 heterocycles. The molecular weight excluding hydrogens is 394 g/mol. The molecule has 5 heteroatoms. The van der Waals surface area contributed by atoms with Crippen molar-refractivity contribution in [2.75, 3.05) is 11.4 Å². The summed E-state index contributed by atoms with van der Waals surface area (Å²) in [6.07, 6.45) is 3.95. The van der Waals surface area contributed by atoms with Crippen LogP contribution < -0.4 is 10.2 Å². The minimum absolute atomic E-state index is 0.0139. The van der Waals surface area contributed by atoms with E-state index in [2.05, 4.69) is 37.1 Å². The second-order valence-corrected chi connectivity index (χ2v) is 8.72. The van der Waals surface area contributed by atoms with Gasteiger partial charge in [0.15, 0.2) is 0 Å². The maximum atomic E-state index is 12.6. The molecule has 2 aromatic rings. The molecule has 1 N–H and O–H groups in total. The lowest BCUT2D eigenvalue weighted by molar-refractivity contribution is 0.0925. The lowest BCUT2D eigenvalue weighted by Gasteiger charge is -2.38. The Kier molecular flexibility index (Phi) is 7.39. The van der Waals surface area contributed by atoms with Crippen LogP contribution in [-0.2, 0) is 0 Å². The summed E-state index contributed by atoms with van der Waals surface area (Å²) in [6.45, 7) is 7.32. The van der Waals surface area contributed by atoms with E-state index in [4.69, 9.17) is 16.9 Å². The Morgan fingerprint density at radius 2 is 1.83 bits per heavy atom. The summed E-state index contributed by atoms with van der Waals surface area (Å²) in [6, 6.07) is 16.3. The van der Waals surface area contributed by atoms with E-state index >= 15 is 0 Å². The Balaban J connectivity index is 1.57. The number of rotatable bonds is 6. The fraction of sp³-hybridized carbons (Fsp3) is 0.440. The first-order valence-corrected chi connectivity index (χ1v) is 11.2. The number of hydrogen-bond acceptors (Lipinski definition) is 3. The summed E-state index contributed by atoms with van der Waals surface area (Å²) < 4.78 is 0. The minimum Gasteiger partial charge on any atom is -0.369 e. The van der Waals surface area contributed by atoms with Gasteiger partial charge in [0.1, 0.15) is 6.07 Å². The largest absolute Gasteiger partial charge is 0.369 e. The zero-order valence-electron chi connectivity index (χ0n) is 18.0. The highest BCUT2D eigenvalue weighted by molar-refractivity contribution is 6.32. The molecular formula is C25H30ClN3O. The molecule has 0 aromatic heterocycles. The fourth-order valence-corrected chi connectivity index (χ4v) is 4.46. The normalized spacial score (nSPS) is 18.7. The van der Waals surface area contributed by atoms with E-state index in [0.29, 0.717) is 22.5 Å². The van der Waals surface area contributed by atoms with Crippen LogP contribution in [0.25, 0.3) is 0 Å². The molecule has 1 aliphatic rings. The molecule has 158 valence electrons. The van der Waals surface area contributed by atoms with Gasteiger partial charge in [-0.25, -0.2) is 0 Å². The zero-order chi connectivity index (χ0) is 21.7. The van der Waals surface area contributed by atoms with Gasteiger partial charge in [0.25, 0.3) is 5.91 Å². The Morgan fingerprint density at radius 1 is 1.17 bits per heavy atom. The van der Waals surface area contributed by atoms with Gasteiger partial charge in [-0.05, 0) is 74.4 Å². The van der Waals surface area contributed by atoms with E-state index in [1.54, 1.807) is 6.07 Å². The molecule has 0 radical (unpaired) electrons. The molecule has 0 aliphatic heterocycles. The smallest absolute Gasteiger partial charge is 0.251 e. The molecule has 0 atom stereocenters. The van der Waals surface area contributed by atoms with Gasteiger partial charge < -0.3 is 10.2 Å². The molecule has 4 nitrogen and oxygen atoms in total. The van der Waals surface area contributed by atoms with Crippen LogP contribution in [-0.4, -0.2) is 24.5 Å². The van der Waals surface area contributed by atoms with Crippen LogP contribution >= 0.6 is 11.6 Å². The average Bonchev–Trinajstić information content (AvgIpc) is 2.75. The first-order chi connectivity index (χ1) is 14.4. The van der Waals surface area contributed by atoms with Crippen molar-refractivity contribution >= 4 is 23.2 Å². The molecule has 2 aromatic carbocycles. The van der Waals surface area contributed by atoms with Gasteiger partial charge in [-0.1, -0.05) is 37.6 Å². The van der Waals surface area contributed by atoms with Crippen molar-refractivity contribution in [1.29, 1.82) is 5.26 Å². The van der Waals surface area contributed by atoms with Crippen molar-refractivity contribution in [1.82, 2.24) is 5.32 Å². The highest BCUT2D eigenvalue weighted by Gasteiger charge is 2.27. The van der Waals surface area contributed by atoms with Crippen LogP contribution in [0.2, 0.25) is 5.02 Å². The second-order valence-electron chi connectivity index (χ2n) is 8.32. The number of nitriles is 1. The van der Waals surface area contributed by atoms with E-state index < -0.39 is 0 Å². The average molecular weight is 424 g/mol. The van der Waals surface area contributed by atoms with E-state index in [1.165, 1.54) is 5.56 Å². The van der Waals surface area contributed by atoms with Crippen LogP contribution in [0, 0.1) is 11.3 Å². The number of anilines is 1. The lowest BCUT2D eigenvalue weighted by Crippen LogP contribution is -2.44. The molecule has 0 saturated heterocycles. The number of hydrogen-bond donors (Lipinski definition) is 1. The molecule has 3 rings (SSSR count). The molecule has 1 saturated carbocycles. The number of amides is 1. The SMILES string of the molecule is CCN(c1ccc(C#N)c(Cl)c1)C1CCC(NC(=O)c2ccc(C(C)C)cc2)CC1. The summed E-state index contributed by atoms with van der Waals surface area (Å²) in [5.41, 5.74) is 3.53. The van der Waals surface area contributed by atoms with Crippen molar-refractivity contribution in [3.8, 4) is 6.07 Å².